The molecule has 0 aliphatic carbocycles. The van der Waals surface area contributed by atoms with Gasteiger partial charge in [0.2, 0.25) is 0 Å². The number of rotatable bonds is 4. The van der Waals surface area contributed by atoms with Crippen LogP contribution in [0.1, 0.15) is 37.3 Å². The Balaban J connectivity index is 2.12. The highest BCUT2D eigenvalue weighted by Crippen LogP contribution is 2.42. The van der Waals surface area contributed by atoms with Crippen molar-refractivity contribution in [2.24, 2.45) is 0 Å². The number of halogens is 1. The summed E-state index contributed by atoms with van der Waals surface area (Å²) < 4.78 is 21.2. The van der Waals surface area contributed by atoms with E-state index in [-0.39, 0.29) is 17.3 Å². The summed E-state index contributed by atoms with van der Waals surface area (Å²) in [6.45, 7) is 6.02. The lowest BCUT2D eigenvalue weighted by Crippen LogP contribution is -2.06. The maximum absolute atomic E-state index is 14.9. The summed E-state index contributed by atoms with van der Waals surface area (Å²) in [6, 6.07) is 9.23. The van der Waals surface area contributed by atoms with E-state index in [1.165, 1.54) is 11.3 Å². The minimum absolute atomic E-state index is 0.102. The van der Waals surface area contributed by atoms with Gasteiger partial charge in [-0.3, -0.25) is 4.79 Å². The Kier molecular flexibility index (Phi) is 4.71. The number of hydrogen-bond acceptors (Lipinski definition) is 3. The number of aryl methyl sites for hydroxylation is 1. The van der Waals surface area contributed by atoms with Gasteiger partial charge in [0.25, 0.3) is 5.56 Å². The first-order valence-electron chi connectivity index (χ1n) is 9.36. The summed E-state index contributed by atoms with van der Waals surface area (Å²) in [7, 11) is 1.62. The van der Waals surface area contributed by atoms with E-state index < -0.39 is 0 Å². The predicted octanol–water partition coefficient (Wildman–Crippen LogP) is 6.38. The molecule has 0 spiro atoms. The molecule has 1 N–H and O–H groups in total. The lowest BCUT2D eigenvalue weighted by molar-refractivity contribution is 0.416. The third kappa shape index (κ3) is 2.81. The molecule has 0 amide bonds. The summed E-state index contributed by atoms with van der Waals surface area (Å²) in [5.41, 5.74) is 3.84. The van der Waals surface area contributed by atoms with Gasteiger partial charge in [0.15, 0.2) is 0 Å². The Hall–Kier alpha value is -2.66. The molecule has 2 aromatic heterocycles. The summed E-state index contributed by atoms with van der Waals surface area (Å²) in [5, 5.41) is 3.67. The number of thiophene rings is 1. The molecule has 0 radical (unpaired) electrons. The molecule has 0 saturated heterocycles. The van der Waals surface area contributed by atoms with Gasteiger partial charge in [0.1, 0.15) is 16.3 Å². The molecule has 1 atom stereocenters. The molecule has 0 aliphatic rings. The highest BCUT2D eigenvalue weighted by molar-refractivity contribution is 7.17. The summed E-state index contributed by atoms with van der Waals surface area (Å²) in [4.78, 5) is 15.5. The van der Waals surface area contributed by atoms with Crippen molar-refractivity contribution < 1.29 is 9.13 Å². The maximum atomic E-state index is 14.9. The van der Waals surface area contributed by atoms with Gasteiger partial charge in [0.05, 0.1) is 12.6 Å². The average molecular weight is 395 g/mol. The van der Waals surface area contributed by atoms with Crippen LogP contribution in [-0.4, -0.2) is 12.1 Å². The lowest BCUT2D eigenvalue weighted by atomic mass is 9.92. The topological polar surface area (TPSA) is 42.1 Å². The monoisotopic (exact) mass is 395 g/mol. The van der Waals surface area contributed by atoms with Crippen LogP contribution in [0, 0.1) is 12.7 Å². The number of aromatic nitrogens is 1. The highest BCUT2D eigenvalue weighted by Gasteiger charge is 2.19. The van der Waals surface area contributed by atoms with Crippen LogP contribution in [0.3, 0.4) is 0 Å². The van der Waals surface area contributed by atoms with Gasteiger partial charge < -0.3 is 9.72 Å². The van der Waals surface area contributed by atoms with Crippen LogP contribution >= 0.6 is 11.3 Å². The van der Waals surface area contributed by atoms with E-state index in [1.54, 1.807) is 13.2 Å². The number of benzene rings is 2. The molecular weight excluding hydrogens is 373 g/mol. The van der Waals surface area contributed by atoms with Gasteiger partial charge in [-0.15, -0.1) is 11.3 Å². The normalized spacial score (nSPS) is 12.6. The van der Waals surface area contributed by atoms with Gasteiger partial charge in [-0.25, -0.2) is 4.39 Å². The van der Waals surface area contributed by atoms with E-state index in [4.69, 9.17) is 4.74 Å². The summed E-state index contributed by atoms with van der Waals surface area (Å²) >= 11 is 1.41. The smallest absolute Gasteiger partial charge is 0.266 e. The highest BCUT2D eigenvalue weighted by atomic mass is 32.1. The van der Waals surface area contributed by atoms with E-state index in [9.17, 15) is 9.18 Å². The number of pyridine rings is 1. The van der Waals surface area contributed by atoms with Gasteiger partial charge >= 0.3 is 0 Å². The second-order valence-electron chi connectivity index (χ2n) is 7.18. The molecule has 144 valence electrons. The fourth-order valence-electron chi connectivity index (χ4n) is 3.82. The Morgan fingerprint density at radius 3 is 2.71 bits per heavy atom. The standard InChI is InChI=1S/C23H22FNO2S/c1-5-12(2)15-7-6-14(11-17(15)24)19-18(27-4)10-13(3)21-20(19)16-8-9-28-22(16)23(26)25-21/h6-12H,5H2,1-4H3,(H,25,26)/t12-/m0/s1. The number of H-pyrrole nitrogens is 1. The SMILES string of the molecule is CC[C@H](C)c1ccc(-c2c(OC)cc(C)c3[nH]c(=O)c4sccc4c23)cc1F. The van der Waals surface area contributed by atoms with E-state index in [1.807, 2.05) is 43.5 Å². The quantitative estimate of drug-likeness (QED) is 0.436. The molecular formula is C23H22FNO2S. The van der Waals surface area contributed by atoms with Crippen LogP contribution in [0.5, 0.6) is 5.75 Å². The number of aromatic amines is 1. The van der Waals surface area contributed by atoms with E-state index in [0.717, 1.165) is 45.0 Å². The van der Waals surface area contributed by atoms with Crippen LogP contribution in [0.4, 0.5) is 4.39 Å². The molecule has 0 unspecified atom stereocenters. The molecule has 0 bridgehead atoms. The van der Waals surface area contributed by atoms with Gasteiger partial charge in [-0.1, -0.05) is 26.0 Å². The van der Waals surface area contributed by atoms with Crippen LogP contribution in [-0.2, 0) is 0 Å². The first-order valence-corrected chi connectivity index (χ1v) is 10.2. The Morgan fingerprint density at radius 2 is 2.04 bits per heavy atom. The van der Waals surface area contributed by atoms with Crippen LogP contribution < -0.4 is 10.3 Å². The van der Waals surface area contributed by atoms with Crippen molar-refractivity contribution in [1.29, 1.82) is 0 Å². The molecule has 28 heavy (non-hydrogen) atoms. The Labute approximate surface area is 166 Å². The third-order valence-corrected chi connectivity index (χ3v) is 6.43. The van der Waals surface area contributed by atoms with Gasteiger partial charge in [-0.2, -0.15) is 0 Å². The van der Waals surface area contributed by atoms with Gasteiger partial charge in [-0.05, 0) is 59.5 Å². The number of nitrogens with one attached hydrogen (secondary N) is 1. The van der Waals surface area contributed by atoms with Crippen LogP contribution in [0.15, 0.2) is 40.5 Å². The minimum Gasteiger partial charge on any atom is -0.496 e. The molecule has 3 nitrogen and oxygen atoms in total. The van der Waals surface area contributed by atoms with Crippen molar-refractivity contribution in [3.63, 3.8) is 0 Å². The first-order chi connectivity index (χ1) is 13.5. The second-order valence-corrected chi connectivity index (χ2v) is 8.10. The third-order valence-electron chi connectivity index (χ3n) is 5.52. The van der Waals surface area contributed by atoms with E-state index in [2.05, 4.69) is 11.9 Å². The molecule has 0 saturated carbocycles. The van der Waals surface area contributed by atoms with Crippen LogP contribution in [0.25, 0.3) is 32.1 Å². The van der Waals surface area contributed by atoms with Crippen molar-refractivity contribution in [1.82, 2.24) is 4.98 Å². The molecule has 5 heteroatoms. The molecule has 4 rings (SSSR count). The first kappa shape index (κ1) is 18.7. The molecule has 2 aromatic carbocycles. The van der Waals surface area contributed by atoms with E-state index in [0.29, 0.717) is 10.4 Å². The fourth-order valence-corrected chi connectivity index (χ4v) is 4.61. The zero-order valence-electron chi connectivity index (χ0n) is 16.4. The summed E-state index contributed by atoms with van der Waals surface area (Å²) in [5.74, 6) is 0.611. The number of hydrogen-bond donors (Lipinski definition) is 1. The Bertz CT molecular complexity index is 1260. The van der Waals surface area contributed by atoms with Crippen molar-refractivity contribution in [2.75, 3.05) is 7.11 Å². The van der Waals surface area contributed by atoms with Crippen molar-refractivity contribution in [3.8, 4) is 16.9 Å². The average Bonchev–Trinajstić information content (AvgIpc) is 3.18. The Morgan fingerprint density at radius 1 is 1.25 bits per heavy atom. The lowest BCUT2D eigenvalue weighted by Gasteiger charge is -2.17. The number of methoxy groups -OCH3 is 1. The second kappa shape index (κ2) is 7.06. The van der Waals surface area contributed by atoms with Crippen molar-refractivity contribution in [2.45, 2.75) is 33.1 Å². The summed E-state index contributed by atoms with van der Waals surface area (Å²) in [6.07, 6.45) is 0.879. The largest absolute Gasteiger partial charge is 0.496 e. The van der Waals surface area contributed by atoms with Crippen molar-refractivity contribution in [3.05, 3.63) is 63.0 Å². The fraction of sp³-hybridized carbons (Fsp3) is 0.261. The number of ether oxygens (including phenoxy) is 1. The number of fused-ring (bicyclic) bond motifs is 3. The molecule has 2 heterocycles. The molecule has 0 aliphatic heterocycles. The zero-order valence-corrected chi connectivity index (χ0v) is 17.2. The zero-order chi connectivity index (χ0) is 20.0. The molecule has 4 aromatic rings. The van der Waals surface area contributed by atoms with E-state index >= 15 is 0 Å². The van der Waals surface area contributed by atoms with Crippen LogP contribution in [0.2, 0.25) is 0 Å². The molecule has 0 fully saturated rings. The van der Waals surface area contributed by atoms with Gasteiger partial charge in [0, 0.05) is 16.3 Å². The predicted molar refractivity (Wildman–Crippen MR) is 115 cm³/mol. The minimum atomic E-state index is -0.214. The maximum Gasteiger partial charge on any atom is 0.266 e. The van der Waals surface area contributed by atoms with Crippen molar-refractivity contribution >= 4 is 32.3 Å².